The smallest absolute Gasteiger partial charge is 0.242 e. The monoisotopic (exact) mass is 581 g/mol. The molecule has 2 N–H and O–H groups in total. The number of likely N-dealkylation sites (tertiary alicyclic amines) is 1. The van der Waals surface area contributed by atoms with Gasteiger partial charge in [-0.15, -0.1) is 5.10 Å². The van der Waals surface area contributed by atoms with E-state index in [1.54, 1.807) is 17.1 Å². The van der Waals surface area contributed by atoms with Gasteiger partial charge in [-0.25, -0.2) is 4.68 Å². The quantitative estimate of drug-likeness (QED) is 0.0920. The highest BCUT2D eigenvalue weighted by Gasteiger charge is 2.35. The van der Waals surface area contributed by atoms with Gasteiger partial charge in [0.2, 0.25) is 18.2 Å². The van der Waals surface area contributed by atoms with Crippen molar-refractivity contribution in [2.45, 2.75) is 65.9 Å². The average Bonchev–Trinajstić information content (AvgIpc) is 3.49. The number of aliphatic hydroxyl groups excluding tert-OH is 1. The Kier molecular flexibility index (Phi) is 33.3. The third-order valence-corrected chi connectivity index (χ3v) is 4.40. The second-order valence-corrected chi connectivity index (χ2v) is 7.57. The number of aromatic nitrogens is 3. The first-order valence-electron chi connectivity index (χ1n) is 12.7. The van der Waals surface area contributed by atoms with E-state index in [4.69, 9.17) is 36.3 Å². The molecule has 0 spiro atoms. The van der Waals surface area contributed by atoms with Gasteiger partial charge in [0, 0.05) is 25.4 Å². The van der Waals surface area contributed by atoms with Crippen LogP contribution in [0.25, 0.3) is 0 Å². The molecule has 222 valence electrons. The summed E-state index contributed by atoms with van der Waals surface area (Å²) in [5.74, 6) is -0.450. The van der Waals surface area contributed by atoms with E-state index >= 15 is 0 Å². The first-order valence-corrected chi connectivity index (χ1v) is 13.7. The van der Waals surface area contributed by atoms with E-state index in [1.807, 2.05) is 33.9 Å². The SMILES string of the molecule is CC.CC.CCCOCc1cn(CC=S)nn1.CNC=O.O=C1CC(S)C(=O)N1CCOCCOCCO. The van der Waals surface area contributed by atoms with Gasteiger partial charge < -0.3 is 24.6 Å². The van der Waals surface area contributed by atoms with Crippen molar-refractivity contribution in [2.24, 2.45) is 0 Å². The molecular weight excluding hydrogens is 534 g/mol. The fraction of sp³-hybridized carbons (Fsp3) is 0.750. The van der Waals surface area contributed by atoms with Crippen LogP contribution in [0, 0.1) is 0 Å². The predicted octanol–water partition coefficient (Wildman–Crippen LogP) is 1.69. The van der Waals surface area contributed by atoms with Gasteiger partial charge in [-0.05, 0) is 6.42 Å². The molecule has 1 saturated heterocycles. The standard InChI is InChI=1S/C10H17NO5S.C8H13N3OS.C2H5NO.2C2H6/c12-2-4-16-6-5-15-3-1-11-9(13)7-8(17)10(11)14;1-2-4-12-7-8-6-11(3-5-13)10-9-8;1-3-2-4;2*1-2/h8,12,17H,1-7H2;5-6H,2-4,7H2,1H3;2H,1H3,(H,3,4);2*1-2H3. The van der Waals surface area contributed by atoms with Crippen molar-refractivity contribution in [3.8, 4) is 0 Å². The lowest BCUT2D eigenvalue weighted by atomic mass is 10.4. The zero-order valence-electron chi connectivity index (χ0n) is 23.6. The van der Waals surface area contributed by atoms with Gasteiger partial charge >= 0.3 is 0 Å². The van der Waals surface area contributed by atoms with Crippen molar-refractivity contribution >= 4 is 48.4 Å². The number of hydrogen-bond donors (Lipinski definition) is 3. The maximum Gasteiger partial charge on any atom is 0.242 e. The topological polar surface area (TPSA) is 145 Å². The molecule has 1 aliphatic rings. The molecule has 3 amide bonds. The summed E-state index contributed by atoms with van der Waals surface area (Å²) in [4.78, 5) is 33.0. The first kappa shape index (κ1) is 40.5. The van der Waals surface area contributed by atoms with Crippen LogP contribution in [0.3, 0.4) is 0 Å². The summed E-state index contributed by atoms with van der Waals surface area (Å²) in [5, 5.41) is 19.6. The van der Waals surface area contributed by atoms with Crippen LogP contribution < -0.4 is 5.32 Å². The number of carbonyl (C=O) groups is 3. The zero-order valence-corrected chi connectivity index (χ0v) is 25.3. The number of carbonyl (C=O) groups excluding carboxylic acids is 3. The van der Waals surface area contributed by atoms with Gasteiger partial charge in [-0.2, -0.15) is 12.6 Å². The third kappa shape index (κ3) is 22.1. The summed E-state index contributed by atoms with van der Waals surface area (Å²) in [5.41, 5.74) is 0.852. The highest BCUT2D eigenvalue weighted by atomic mass is 32.1. The minimum atomic E-state index is -0.504. The molecule has 12 nitrogen and oxygen atoms in total. The van der Waals surface area contributed by atoms with Gasteiger partial charge in [0.1, 0.15) is 5.69 Å². The Hall–Kier alpha value is -1.97. The van der Waals surface area contributed by atoms with Crippen LogP contribution in [0.4, 0.5) is 0 Å². The number of nitrogens with zero attached hydrogens (tertiary/aromatic N) is 4. The summed E-state index contributed by atoms with van der Waals surface area (Å²) in [7, 11) is 1.56. The molecule has 1 atom stereocenters. The minimum Gasteiger partial charge on any atom is -0.394 e. The van der Waals surface area contributed by atoms with E-state index < -0.39 is 5.25 Å². The first-order chi connectivity index (χ1) is 18.4. The molecule has 0 bridgehead atoms. The number of nitrogens with one attached hydrogen (secondary N) is 1. The number of thiocarbonyl (C=S) groups is 1. The van der Waals surface area contributed by atoms with Crippen molar-refractivity contribution < 1.29 is 33.7 Å². The maximum atomic E-state index is 11.4. The van der Waals surface area contributed by atoms with Gasteiger partial charge in [0.15, 0.2) is 0 Å². The van der Waals surface area contributed by atoms with E-state index in [1.165, 1.54) is 4.90 Å². The summed E-state index contributed by atoms with van der Waals surface area (Å²) in [6, 6.07) is 0. The van der Waals surface area contributed by atoms with Crippen molar-refractivity contribution in [3.05, 3.63) is 11.9 Å². The van der Waals surface area contributed by atoms with E-state index in [0.717, 1.165) is 18.7 Å². The van der Waals surface area contributed by atoms with E-state index in [0.29, 0.717) is 39.4 Å². The van der Waals surface area contributed by atoms with Gasteiger partial charge in [-0.3, -0.25) is 19.3 Å². The van der Waals surface area contributed by atoms with Gasteiger partial charge in [0.25, 0.3) is 0 Å². The molecule has 1 aromatic heterocycles. The second kappa shape index (κ2) is 31.2. The number of hydrogen-bond acceptors (Lipinski definition) is 11. The second-order valence-electron chi connectivity index (χ2n) is 6.61. The Morgan fingerprint density at radius 2 is 1.74 bits per heavy atom. The number of amides is 3. The van der Waals surface area contributed by atoms with Crippen LogP contribution in [0.1, 0.15) is 53.2 Å². The Bertz CT molecular complexity index is 711. The largest absolute Gasteiger partial charge is 0.394 e. The zero-order chi connectivity index (χ0) is 29.6. The Balaban J connectivity index is -0.000000516. The van der Waals surface area contributed by atoms with Crippen LogP contribution in [0.15, 0.2) is 6.20 Å². The van der Waals surface area contributed by atoms with Gasteiger partial charge in [0.05, 0.1) is 64.2 Å². The molecule has 0 aliphatic carbocycles. The van der Waals surface area contributed by atoms with Crippen LogP contribution in [-0.4, -0.2) is 107 Å². The summed E-state index contributed by atoms with van der Waals surface area (Å²) in [6.45, 7) is 13.6. The molecule has 1 aromatic rings. The van der Waals surface area contributed by atoms with E-state index in [9.17, 15) is 9.59 Å². The molecule has 38 heavy (non-hydrogen) atoms. The fourth-order valence-corrected chi connectivity index (χ4v) is 2.78. The van der Waals surface area contributed by atoms with E-state index in [2.05, 4.69) is 35.2 Å². The maximum absolute atomic E-state index is 11.4. The van der Waals surface area contributed by atoms with Crippen LogP contribution in [-0.2, 0) is 41.7 Å². The third-order valence-electron chi connectivity index (χ3n) is 3.85. The molecule has 2 rings (SSSR count). The minimum absolute atomic E-state index is 0.0138. The van der Waals surface area contributed by atoms with E-state index in [-0.39, 0.29) is 38.0 Å². The molecule has 0 radical (unpaired) electrons. The molecule has 0 saturated carbocycles. The molecular formula is C24H47N5O7S2. The summed E-state index contributed by atoms with van der Waals surface area (Å²) < 4.78 is 17.2. The molecule has 1 unspecified atom stereocenters. The fourth-order valence-electron chi connectivity index (χ4n) is 2.33. The molecule has 1 fully saturated rings. The normalized spacial score (nSPS) is 13.5. The number of ether oxygens (including phenoxy) is 3. The predicted molar refractivity (Wildman–Crippen MR) is 154 cm³/mol. The Labute approximate surface area is 238 Å². The van der Waals surface area contributed by atoms with Gasteiger partial charge in [-0.1, -0.05) is 52.0 Å². The van der Waals surface area contributed by atoms with Crippen molar-refractivity contribution in [1.82, 2.24) is 25.2 Å². The van der Waals surface area contributed by atoms with Crippen LogP contribution >= 0.6 is 24.8 Å². The highest BCUT2D eigenvalue weighted by molar-refractivity contribution is 7.81. The number of aliphatic hydroxyl groups is 1. The molecule has 1 aliphatic heterocycles. The molecule has 14 heteroatoms. The van der Waals surface area contributed by atoms with Crippen molar-refractivity contribution in [2.75, 3.05) is 53.2 Å². The number of thiol groups is 1. The lowest BCUT2D eigenvalue weighted by Crippen LogP contribution is -2.34. The van der Waals surface area contributed by atoms with Crippen molar-refractivity contribution in [3.63, 3.8) is 0 Å². The lowest BCUT2D eigenvalue weighted by Gasteiger charge is -2.13. The summed E-state index contributed by atoms with van der Waals surface area (Å²) in [6.07, 6.45) is 3.66. The number of imide groups is 1. The highest BCUT2D eigenvalue weighted by Crippen LogP contribution is 2.17. The van der Waals surface area contributed by atoms with Crippen LogP contribution in [0.2, 0.25) is 0 Å². The lowest BCUT2D eigenvalue weighted by molar-refractivity contribution is -0.139. The van der Waals surface area contributed by atoms with Crippen LogP contribution in [0.5, 0.6) is 0 Å². The summed E-state index contributed by atoms with van der Waals surface area (Å²) >= 11 is 8.72. The Morgan fingerprint density at radius 1 is 1.13 bits per heavy atom. The molecule has 0 aromatic carbocycles. The van der Waals surface area contributed by atoms with Crippen molar-refractivity contribution in [1.29, 1.82) is 0 Å². The number of rotatable bonds is 15. The Morgan fingerprint density at radius 3 is 2.21 bits per heavy atom. The average molecular weight is 582 g/mol. The molecule has 2 heterocycles.